The largest absolute Gasteiger partial charge is 0.385 e. The molecule has 2 N–H and O–H groups in total. The van der Waals surface area contributed by atoms with E-state index in [-0.39, 0.29) is 24.0 Å². The SMILES string of the molecule is CCNC(=NCCCCCOC)NCCc1nc(C)c(C)s1.I. The van der Waals surface area contributed by atoms with Crippen LogP contribution in [-0.4, -0.2) is 44.3 Å². The van der Waals surface area contributed by atoms with Gasteiger partial charge < -0.3 is 15.4 Å². The number of thiazole rings is 1. The number of hydrogen-bond donors (Lipinski definition) is 2. The molecule has 23 heavy (non-hydrogen) atoms. The predicted molar refractivity (Wildman–Crippen MR) is 110 cm³/mol. The van der Waals surface area contributed by atoms with Gasteiger partial charge in [-0.1, -0.05) is 0 Å². The van der Waals surface area contributed by atoms with Crippen LogP contribution in [0.2, 0.25) is 0 Å². The molecule has 0 aromatic carbocycles. The first-order valence-electron chi connectivity index (χ1n) is 8.11. The Morgan fingerprint density at radius 1 is 1.22 bits per heavy atom. The van der Waals surface area contributed by atoms with E-state index in [9.17, 15) is 0 Å². The number of nitrogens with one attached hydrogen (secondary N) is 2. The minimum atomic E-state index is 0. The molecule has 0 aliphatic rings. The highest BCUT2D eigenvalue weighted by Gasteiger charge is 2.04. The summed E-state index contributed by atoms with van der Waals surface area (Å²) >= 11 is 1.79. The van der Waals surface area contributed by atoms with E-state index in [4.69, 9.17) is 4.74 Å². The average molecular weight is 454 g/mol. The lowest BCUT2D eigenvalue weighted by molar-refractivity contribution is 0.192. The number of hydrogen-bond acceptors (Lipinski definition) is 4. The molecule has 0 amide bonds. The molecule has 0 saturated heterocycles. The molecule has 0 fully saturated rings. The number of rotatable bonds is 10. The first-order chi connectivity index (χ1) is 10.7. The summed E-state index contributed by atoms with van der Waals surface area (Å²) in [5.41, 5.74) is 1.15. The van der Waals surface area contributed by atoms with Crippen molar-refractivity contribution in [3.63, 3.8) is 0 Å². The average Bonchev–Trinajstić information content (AvgIpc) is 2.81. The quantitative estimate of drug-likeness (QED) is 0.247. The monoisotopic (exact) mass is 454 g/mol. The van der Waals surface area contributed by atoms with Crippen LogP contribution in [0.25, 0.3) is 0 Å². The van der Waals surface area contributed by atoms with Crippen molar-refractivity contribution < 1.29 is 4.74 Å². The van der Waals surface area contributed by atoms with Gasteiger partial charge >= 0.3 is 0 Å². The van der Waals surface area contributed by atoms with Crippen LogP contribution in [0.1, 0.15) is 41.8 Å². The first kappa shape index (κ1) is 22.6. The van der Waals surface area contributed by atoms with Gasteiger partial charge in [0.15, 0.2) is 5.96 Å². The predicted octanol–water partition coefficient (Wildman–Crippen LogP) is 3.29. The van der Waals surface area contributed by atoms with Crippen molar-refractivity contribution in [3.8, 4) is 0 Å². The second-order valence-electron chi connectivity index (χ2n) is 5.24. The molecule has 0 radical (unpaired) electrons. The Hall–Kier alpha value is -0.410. The Morgan fingerprint density at radius 2 is 2.00 bits per heavy atom. The highest BCUT2D eigenvalue weighted by molar-refractivity contribution is 14.0. The van der Waals surface area contributed by atoms with Crippen molar-refractivity contribution >= 4 is 41.3 Å². The zero-order chi connectivity index (χ0) is 16.2. The van der Waals surface area contributed by atoms with Crippen LogP contribution in [0.5, 0.6) is 0 Å². The lowest BCUT2D eigenvalue weighted by atomic mass is 10.2. The van der Waals surface area contributed by atoms with Crippen molar-refractivity contribution in [1.29, 1.82) is 0 Å². The third-order valence-corrected chi connectivity index (χ3v) is 4.46. The van der Waals surface area contributed by atoms with Gasteiger partial charge in [0.05, 0.1) is 10.7 Å². The third-order valence-electron chi connectivity index (χ3n) is 3.32. The van der Waals surface area contributed by atoms with Gasteiger partial charge in [0.25, 0.3) is 0 Å². The standard InChI is InChI=1S/C16H30N4OS.HI/c1-5-17-16(18-10-7-6-8-12-21-4)19-11-9-15-20-13(2)14(3)22-15;/h5-12H2,1-4H3,(H2,17,18,19);1H. The summed E-state index contributed by atoms with van der Waals surface area (Å²) in [6, 6.07) is 0. The van der Waals surface area contributed by atoms with E-state index in [0.29, 0.717) is 0 Å². The normalized spacial score (nSPS) is 11.2. The Labute approximate surface area is 161 Å². The number of halogens is 1. The zero-order valence-electron chi connectivity index (χ0n) is 14.8. The Bertz CT molecular complexity index is 432. The summed E-state index contributed by atoms with van der Waals surface area (Å²) in [6.45, 7) is 9.72. The fourth-order valence-corrected chi connectivity index (χ4v) is 2.94. The smallest absolute Gasteiger partial charge is 0.191 e. The molecular formula is C16H31IN4OS. The van der Waals surface area contributed by atoms with Crippen LogP contribution in [-0.2, 0) is 11.2 Å². The number of guanidine groups is 1. The van der Waals surface area contributed by atoms with Crippen LogP contribution in [0.15, 0.2) is 4.99 Å². The fourth-order valence-electron chi connectivity index (χ4n) is 2.00. The highest BCUT2D eigenvalue weighted by Crippen LogP contribution is 2.16. The van der Waals surface area contributed by atoms with E-state index >= 15 is 0 Å². The van der Waals surface area contributed by atoms with Crippen LogP contribution in [0.3, 0.4) is 0 Å². The Kier molecular flexibility index (Phi) is 13.7. The van der Waals surface area contributed by atoms with E-state index in [1.54, 1.807) is 18.4 Å². The fraction of sp³-hybridized carbons (Fsp3) is 0.750. The molecule has 7 heteroatoms. The second-order valence-corrected chi connectivity index (χ2v) is 6.53. The molecule has 5 nitrogen and oxygen atoms in total. The number of nitrogens with zero attached hydrogens (tertiary/aromatic N) is 2. The molecule has 0 saturated carbocycles. The van der Waals surface area contributed by atoms with Crippen LogP contribution in [0, 0.1) is 13.8 Å². The molecule has 0 spiro atoms. The summed E-state index contributed by atoms with van der Waals surface area (Å²) in [4.78, 5) is 10.5. The van der Waals surface area contributed by atoms with Crippen molar-refractivity contribution in [2.75, 3.05) is 33.4 Å². The van der Waals surface area contributed by atoms with Gasteiger partial charge in [0.2, 0.25) is 0 Å². The van der Waals surface area contributed by atoms with Crippen molar-refractivity contribution in [3.05, 3.63) is 15.6 Å². The van der Waals surface area contributed by atoms with E-state index in [1.165, 1.54) is 9.88 Å². The Morgan fingerprint density at radius 3 is 2.61 bits per heavy atom. The van der Waals surface area contributed by atoms with Gasteiger partial charge in [-0.2, -0.15) is 0 Å². The molecule has 0 aliphatic heterocycles. The first-order valence-corrected chi connectivity index (χ1v) is 8.93. The van der Waals surface area contributed by atoms with Gasteiger partial charge in [-0.3, -0.25) is 4.99 Å². The van der Waals surface area contributed by atoms with Crippen molar-refractivity contribution in [2.24, 2.45) is 4.99 Å². The summed E-state index contributed by atoms with van der Waals surface area (Å²) < 4.78 is 5.05. The van der Waals surface area contributed by atoms with Gasteiger partial charge in [0.1, 0.15) is 0 Å². The van der Waals surface area contributed by atoms with E-state index in [0.717, 1.165) is 63.6 Å². The van der Waals surface area contributed by atoms with Crippen LogP contribution in [0.4, 0.5) is 0 Å². The minimum absolute atomic E-state index is 0. The molecule has 0 bridgehead atoms. The van der Waals surface area contributed by atoms with E-state index in [1.807, 2.05) is 0 Å². The Balaban J connectivity index is 0.00000484. The van der Waals surface area contributed by atoms with Gasteiger partial charge in [-0.25, -0.2) is 4.98 Å². The molecule has 1 rings (SSSR count). The van der Waals surface area contributed by atoms with E-state index < -0.39 is 0 Å². The second kappa shape index (κ2) is 14.0. The molecule has 1 heterocycles. The molecule has 1 aromatic rings. The molecule has 1 aromatic heterocycles. The van der Waals surface area contributed by atoms with Gasteiger partial charge in [-0.15, -0.1) is 35.3 Å². The van der Waals surface area contributed by atoms with Crippen molar-refractivity contribution in [2.45, 2.75) is 46.5 Å². The lowest BCUT2D eigenvalue weighted by Crippen LogP contribution is -2.38. The number of ether oxygens (including phenoxy) is 1. The zero-order valence-corrected chi connectivity index (χ0v) is 17.9. The molecule has 0 aliphatic carbocycles. The van der Waals surface area contributed by atoms with Crippen LogP contribution >= 0.6 is 35.3 Å². The number of aliphatic imine (C=N–C) groups is 1. The number of aromatic nitrogens is 1. The number of aryl methyl sites for hydroxylation is 2. The van der Waals surface area contributed by atoms with Gasteiger partial charge in [0, 0.05) is 44.6 Å². The highest BCUT2D eigenvalue weighted by atomic mass is 127. The topological polar surface area (TPSA) is 58.5 Å². The maximum absolute atomic E-state index is 5.05. The molecule has 0 atom stereocenters. The van der Waals surface area contributed by atoms with Crippen LogP contribution < -0.4 is 10.6 Å². The number of unbranched alkanes of at least 4 members (excludes halogenated alkanes) is 2. The molecule has 0 unspecified atom stereocenters. The maximum Gasteiger partial charge on any atom is 0.191 e. The summed E-state index contributed by atoms with van der Waals surface area (Å²) in [6.07, 6.45) is 4.32. The van der Waals surface area contributed by atoms with Gasteiger partial charge in [-0.05, 0) is 40.0 Å². The summed E-state index contributed by atoms with van der Waals surface area (Å²) in [7, 11) is 1.75. The summed E-state index contributed by atoms with van der Waals surface area (Å²) in [5, 5.41) is 7.86. The van der Waals surface area contributed by atoms with E-state index in [2.05, 4.69) is 41.4 Å². The number of methoxy groups -OCH3 is 1. The lowest BCUT2D eigenvalue weighted by Gasteiger charge is -2.10. The molecule has 134 valence electrons. The summed E-state index contributed by atoms with van der Waals surface area (Å²) in [5.74, 6) is 0.902. The minimum Gasteiger partial charge on any atom is -0.385 e. The molecular weight excluding hydrogens is 423 g/mol. The van der Waals surface area contributed by atoms with Crippen molar-refractivity contribution in [1.82, 2.24) is 15.6 Å². The maximum atomic E-state index is 5.05. The third kappa shape index (κ3) is 10.1.